The van der Waals surface area contributed by atoms with Gasteiger partial charge in [0.05, 0.1) is 11.3 Å². The Morgan fingerprint density at radius 2 is 1.84 bits per heavy atom. The van der Waals surface area contributed by atoms with E-state index in [1.165, 1.54) is 6.07 Å². The average molecular weight is 256 g/mol. The Bertz CT molecular complexity index is 750. The molecule has 5 heteroatoms. The van der Waals surface area contributed by atoms with E-state index in [2.05, 4.69) is 10.3 Å². The molecule has 0 saturated carbocycles. The fourth-order valence-electron chi connectivity index (χ4n) is 2.52. The zero-order chi connectivity index (χ0) is 13.7. The van der Waals surface area contributed by atoms with E-state index in [0.717, 1.165) is 5.57 Å². The summed E-state index contributed by atoms with van der Waals surface area (Å²) in [7, 11) is 0. The van der Waals surface area contributed by atoms with Gasteiger partial charge in [0.2, 0.25) is 11.3 Å². The minimum Gasteiger partial charge on any atom is -0.358 e. The lowest BCUT2D eigenvalue weighted by atomic mass is 9.84. The van der Waals surface area contributed by atoms with Crippen molar-refractivity contribution in [3.63, 3.8) is 0 Å². The van der Waals surface area contributed by atoms with Crippen LogP contribution < -0.4 is 10.9 Å². The molecule has 96 valence electrons. The highest BCUT2D eigenvalue weighted by molar-refractivity contribution is 6.26. The van der Waals surface area contributed by atoms with Gasteiger partial charge < -0.3 is 10.3 Å². The highest BCUT2D eigenvalue weighted by Crippen LogP contribution is 2.30. The van der Waals surface area contributed by atoms with Crippen LogP contribution in [0.25, 0.3) is 0 Å². The molecule has 5 nitrogen and oxygen atoms in total. The number of hydrogen-bond acceptors (Lipinski definition) is 4. The molecule has 19 heavy (non-hydrogen) atoms. The number of carbonyl (C=O) groups excluding carboxylic acids is 2. The van der Waals surface area contributed by atoms with Crippen molar-refractivity contribution in [3.05, 3.63) is 56.3 Å². The van der Waals surface area contributed by atoms with Gasteiger partial charge in [-0.15, -0.1) is 0 Å². The summed E-state index contributed by atoms with van der Waals surface area (Å²) in [6, 6.07) is 1.34. The maximum absolute atomic E-state index is 12.5. The van der Waals surface area contributed by atoms with E-state index >= 15 is 0 Å². The van der Waals surface area contributed by atoms with Crippen LogP contribution in [-0.4, -0.2) is 16.6 Å². The van der Waals surface area contributed by atoms with Gasteiger partial charge in [-0.25, -0.2) is 0 Å². The molecule has 1 aromatic rings. The van der Waals surface area contributed by atoms with Crippen molar-refractivity contribution in [2.75, 3.05) is 0 Å². The predicted molar refractivity (Wildman–Crippen MR) is 69.0 cm³/mol. The first-order valence-electron chi connectivity index (χ1n) is 5.97. The van der Waals surface area contributed by atoms with Crippen LogP contribution in [0.5, 0.6) is 0 Å². The molecular weight excluding hydrogens is 244 g/mol. The molecule has 0 atom stereocenters. The van der Waals surface area contributed by atoms with Gasteiger partial charge in [0.25, 0.3) is 0 Å². The van der Waals surface area contributed by atoms with E-state index in [4.69, 9.17) is 0 Å². The third-order valence-electron chi connectivity index (χ3n) is 3.42. The van der Waals surface area contributed by atoms with Crippen molar-refractivity contribution in [1.29, 1.82) is 0 Å². The summed E-state index contributed by atoms with van der Waals surface area (Å²) < 4.78 is 0. The van der Waals surface area contributed by atoms with Crippen LogP contribution >= 0.6 is 0 Å². The molecule has 2 aliphatic rings. The van der Waals surface area contributed by atoms with Crippen molar-refractivity contribution >= 4 is 11.6 Å². The summed E-state index contributed by atoms with van der Waals surface area (Å²) in [6.07, 6.45) is 2.17. The lowest BCUT2D eigenvalue weighted by Crippen LogP contribution is -2.33. The Hall–Kier alpha value is -2.43. The zero-order valence-corrected chi connectivity index (χ0v) is 10.6. The topological polar surface area (TPSA) is 79.0 Å². The first-order chi connectivity index (χ1) is 8.99. The molecule has 0 aromatic carbocycles. The van der Waals surface area contributed by atoms with Crippen molar-refractivity contribution in [1.82, 2.24) is 10.3 Å². The summed E-state index contributed by atoms with van der Waals surface area (Å²) in [5.74, 6) is -0.507. The van der Waals surface area contributed by atoms with E-state index in [1.807, 2.05) is 6.92 Å². The van der Waals surface area contributed by atoms with Gasteiger partial charge in [-0.1, -0.05) is 5.57 Å². The minimum atomic E-state index is -0.371. The second kappa shape index (κ2) is 3.78. The van der Waals surface area contributed by atoms with Crippen LogP contribution in [-0.2, 0) is 0 Å². The Balaban J connectivity index is 2.26. The highest BCUT2D eigenvalue weighted by atomic mass is 16.1. The number of hydrogen-bond donors (Lipinski definition) is 2. The number of fused-ring (bicyclic) bond motifs is 1. The van der Waals surface area contributed by atoms with Crippen LogP contribution in [0.4, 0.5) is 0 Å². The predicted octanol–water partition coefficient (Wildman–Crippen LogP) is 1.21. The molecule has 1 aromatic heterocycles. The zero-order valence-electron chi connectivity index (χ0n) is 10.6. The summed E-state index contributed by atoms with van der Waals surface area (Å²) in [5.41, 5.74) is 2.33. The molecule has 0 radical (unpaired) electrons. The van der Waals surface area contributed by atoms with Crippen LogP contribution in [0.2, 0.25) is 0 Å². The monoisotopic (exact) mass is 256 g/mol. The molecule has 2 N–H and O–H groups in total. The number of rotatable bonds is 0. The average Bonchev–Trinajstić information content (AvgIpc) is 2.35. The van der Waals surface area contributed by atoms with Gasteiger partial charge in [0, 0.05) is 24.3 Å². The molecule has 2 heterocycles. The molecule has 0 bridgehead atoms. The quantitative estimate of drug-likeness (QED) is 0.731. The Labute approximate surface area is 109 Å². The van der Waals surface area contributed by atoms with Crippen molar-refractivity contribution in [3.8, 4) is 0 Å². The molecule has 0 unspecified atom stereocenters. The van der Waals surface area contributed by atoms with E-state index in [1.54, 1.807) is 13.1 Å². The third-order valence-corrected chi connectivity index (χ3v) is 3.42. The maximum atomic E-state index is 12.5. The normalized spacial score (nSPS) is 17.7. The Kier molecular flexibility index (Phi) is 2.32. The van der Waals surface area contributed by atoms with E-state index in [0.29, 0.717) is 23.1 Å². The van der Waals surface area contributed by atoms with Crippen LogP contribution in [0.3, 0.4) is 0 Å². The summed E-state index contributed by atoms with van der Waals surface area (Å²) in [5, 5.41) is 2.86. The second-order valence-corrected chi connectivity index (χ2v) is 4.89. The summed E-state index contributed by atoms with van der Waals surface area (Å²) in [6.45, 7) is 3.56. The van der Waals surface area contributed by atoms with Crippen LogP contribution in [0.15, 0.2) is 33.9 Å². The number of dihydropyridines is 1. The molecule has 0 amide bonds. The van der Waals surface area contributed by atoms with Gasteiger partial charge in [-0.3, -0.25) is 14.4 Å². The van der Waals surface area contributed by atoms with Gasteiger partial charge in [0.1, 0.15) is 5.69 Å². The third kappa shape index (κ3) is 1.58. The molecule has 1 aliphatic carbocycles. The van der Waals surface area contributed by atoms with Crippen LogP contribution in [0, 0.1) is 6.92 Å². The molecule has 0 spiro atoms. The number of pyridine rings is 1. The molecule has 3 rings (SSSR count). The van der Waals surface area contributed by atoms with Crippen molar-refractivity contribution < 1.29 is 9.59 Å². The number of H-pyrrole nitrogens is 1. The summed E-state index contributed by atoms with van der Waals surface area (Å²) in [4.78, 5) is 38.7. The standard InChI is InChI=1S/C14H12N2O3/c1-6-3-8-11(15-5-6)14(19)12-10(13(8)18)7(2)4-9(17)16-12/h4-5,15H,3H2,1-2H3,(H,16,17). The van der Waals surface area contributed by atoms with E-state index < -0.39 is 0 Å². The second-order valence-electron chi connectivity index (χ2n) is 4.89. The van der Waals surface area contributed by atoms with Crippen LogP contribution in [0.1, 0.15) is 39.8 Å². The van der Waals surface area contributed by atoms with E-state index in [9.17, 15) is 14.4 Å². The number of Topliss-reactive ketones (excluding diaryl/α,β-unsaturated/α-hetero) is 2. The number of aromatic nitrogens is 1. The van der Waals surface area contributed by atoms with Gasteiger partial charge in [-0.2, -0.15) is 0 Å². The molecule has 0 saturated heterocycles. The van der Waals surface area contributed by atoms with Gasteiger partial charge in [-0.05, 0) is 19.4 Å². The molecular formula is C14H12N2O3. The summed E-state index contributed by atoms with van der Waals surface area (Å²) >= 11 is 0. The van der Waals surface area contributed by atoms with Gasteiger partial charge >= 0.3 is 0 Å². The number of nitrogens with one attached hydrogen (secondary N) is 2. The van der Waals surface area contributed by atoms with Gasteiger partial charge in [0.15, 0.2) is 5.78 Å². The number of ketones is 2. The Morgan fingerprint density at radius 3 is 2.58 bits per heavy atom. The number of aromatic amines is 1. The smallest absolute Gasteiger partial charge is 0.248 e. The number of carbonyl (C=O) groups is 2. The molecule has 0 fully saturated rings. The maximum Gasteiger partial charge on any atom is 0.248 e. The number of allylic oxidation sites excluding steroid dienone is 3. The first kappa shape index (κ1) is 11.6. The SMILES string of the molecule is CC1=CNC2=C(C1)C(=O)c1c(C)cc(=O)[nH]c1C2=O. The lowest BCUT2D eigenvalue weighted by molar-refractivity contribution is 0.0962. The lowest BCUT2D eigenvalue weighted by Gasteiger charge is -2.25. The molecule has 1 aliphatic heterocycles. The largest absolute Gasteiger partial charge is 0.358 e. The first-order valence-corrected chi connectivity index (χ1v) is 5.97. The highest BCUT2D eigenvalue weighted by Gasteiger charge is 2.35. The van der Waals surface area contributed by atoms with Crippen molar-refractivity contribution in [2.45, 2.75) is 20.3 Å². The number of aryl methyl sites for hydroxylation is 1. The van der Waals surface area contributed by atoms with E-state index in [-0.39, 0.29) is 28.5 Å². The van der Waals surface area contributed by atoms with Crippen molar-refractivity contribution in [2.24, 2.45) is 0 Å². The fourth-order valence-corrected chi connectivity index (χ4v) is 2.52. The Morgan fingerprint density at radius 1 is 1.11 bits per heavy atom. The fraction of sp³-hybridized carbons (Fsp3) is 0.214. The minimum absolute atomic E-state index is 0.0919.